The van der Waals surface area contributed by atoms with E-state index in [1.165, 1.54) is 12.0 Å². The normalized spacial score (nSPS) is 23.0. The molecule has 0 spiro atoms. The van der Waals surface area contributed by atoms with Crippen molar-refractivity contribution in [2.75, 3.05) is 20.2 Å². The average Bonchev–Trinajstić information content (AvgIpc) is 2.36. The molecule has 4 heteroatoms. The maximum absolute atomic E-state index is 11.3. The highest BCUT2D eigenvalue weighted by atomic mass is 16.5. The minimum absolute atomic E-state index is 0.0559. The second-order valence-electron chi connectivity index (χ2n) is 3.03. The molecule has 1 aliphatic heterocycles. The topological polar surface area (TPSA) is 46.6 Å². The summed E-state index contributed by atoms with van der Waals surface area (Å²) in [5.74, 6) is -0.229. The van der Waals surface area contributed by atoms with Crippen LogP contribution in [-0.2, 0) is 14.3 Å². The van der Waals surface area contributed by atoms with Gasteiger partial charge in [-0.3, -0.25) is 9.59 Å². The Morgan fingerprint density at radius 3 is 2.83 bits per heavy atom. The van der Waals surface area contributed by atoms with Crippen molar-refractivity contribution >= 4 is 11.9 Å². The highest BCUT2D eigenvalue weighted by Crippen LogP contribution is 2.16. The van der Waals surface area contributed by atoms with Gasteiger partial charge in [-0.2, -0.15) is 0 Å². The molecule has 0 unspecified atom stereocenters. The molecule has 4 nitrogen and oxygen atoms in total. The lowest BCUT2D eigenvalue weighted by atomic mass is 10.1. The lowest BCUT2D eigenvalue weighted by molar-refractivity contribution is -0.146. The summed E-state index contributed by atoms with van der Waals surface area (Å²) in [5, 5.41) is 0. The van der Waals surface area contributed by atoms with Gasteiger partial charge in [-0.05, 0) is 6.42 Å². The Balaban J connectivity index is 2.44. The van der Waals surface area contributed by atoms with E-state index in [9.17, 15) is 9.59 Å². The molecule has 0 saturated carbocycles. The van der Waals surface area contributed by atoms with E-state index >= 15 is 0 Å². The molecule has 1 rings (SSSR count). The van der Waals surface area contributed by atoms with Crippen molar-refractivity contribution in [2.24, 2.45) is 5.92 Å². The molecule has 1 saturated heterocycles. The Morgan fingerprint density at radius 1 is 1.75 bits per heavy atom. The first kappa shape index (κ1) is 9.03. The number of hydrogen-bond acceptors (Lipinski definition) is 3. The van der Waals surface area contributed by atoms with Crippen LogP contribution < -0.4 is 0 Å². The van der Waals surface area contributed by atoms with E-state index in [1.54, 1.807) is 0 Å². The van der Waals surface area contributed by atoms with Crippen LogP contribution in [0.25, 0.3) is 0 Å². The average molecular weight is 171 g/mol. The van der Waals surface area contributed by atoms with Crippen LogP contribution in [0.15, 0.2) is 0 Å². The summed E-state index contributed by atoms with van der Waals surface area (Å²) in [6.45, 7) is 2.65. The zero-order valence-electron chi connectivity index (χ0n) is 7.37. The first-order valence-corrected chi connectivity index (χ1v) is 4.00. The third-order valence-electron chi connectivity index (χ3n) is 2.11. The number of nitrogens with zero attached hydrogens (tertiary/aromatic N) is 1. The molecule has 1 amide bonds. The van der Waals surface area contributed by atoms with Gasteiger partial charge < -0.3 is 9.64 Å². The van der Waals surface area contributed by atoms with Gasteiger partial charge in [0.1, 0.15) is 6.54 Å². The molecule has 0 aromatic rings. The molecule has 68 valence electrons. The van der Waals surface area contributed by atoms with Crippen LogP contribution in [0.4, 0.5) is 0 Å². The molecule has 12 heavy (non-hydrogen) atoms. The molecule has 1 aliphatic rings. The molecule has 0 aromatic heterocycles. The summed E-state index contributed by atoms with van der Waals surface area (Å²) in [5.41, 5.74) is 0. The van der Waals surface area contributed by atoms with Gasteiger partial charge in [0.25, 0.3) is 0 Å². The number of amides is 1. The molecule has 0 N–H and O–H groups in total. The summed E-state index contributed by atoms with van der Waals surface area (Å²) < 4.78 is 4.46. The SMILES string of the molecule is COC(=O)CN1CC[C@H](C)C1=O. The first-order valence-electron chi connectivity index (χ1n) is 4.00. The van der Waals surface area contributed by atoms with Crippen molar-refractivity contribution in [1.29, 1.82) is 0 Å². The molecular weight excluding hydrogens is 158 g/mol. The Bertz CT molecular complexity index is 202. The van der Waals surface area contributed by atoms with Crippen LogP contribution in [0.5, 0.6) is 0 Å². The van der Waals surface area contributed by atoms with Gasteiger partial charge >= 0.3 is 5.97 Å². The molecule has 0 aliphatic carbocycles. The zero-order chi connectivity index (χ0) is 9.14. The number of hydrogen-bond donors (Lipinski definition) is 0. The molecule has 1 atom stereocenters. The van der Waals surface area contributed by atoms with Gasteiger partial charge in [-0.1, -0.05) is 6.92 Å². The van der Waals surface area contributed by atoms with Crippen LogP contribution in [-0.4, -0.2) is 37.0 Å². The second kappa shape index (κ2) is 3.56. The van der Waals surface area contributed by atoms with Crippen molar-refractivity contribution in [1.82, 2.24) is 4.90 Å². The Labute approximate surface area is 71.5 Å². The molecule has 0 radical (unpaired) electrons. The van der Waals surface area contributed by atoms with Gasteiger partial charge in [0.15, 0.2) is 0 Å². The van der Waals surface area contributed by atoms with Crippen LogP contribution >= 0.6 is 0 Å². The Kier molecular flexibility index (Phi) is 2.68. The van der Waals surface area contributed by atoms with E-state index in [4.69, 9.17) is 0 Å². The summed E-state index contributed by atoms with van der Waals surface area (Å²) in [6, 6.07) is 0. The van der Waals surface area contributed by atoms with Crippen LogP contribution in [0.3, 0.4) is 0 Å². The van der Waals surface area contributed by atoms with Crippen molar-refractivity contribution in [3.63, 3.8) is 0 Å². The molecule has 1 fully saturated rings. The maximum Gasteiger partial charge on any atom is 0.325 e. The minimum atomic E-state index is -0.350. The standard InChI is InChI=1S/C8H13NO3/c1-6-3-4-9(8(6)11)5-7(10)12-2/h6H,3-5H2,1-2H3/t6-/m0/s1. The molecule has 0 bridgehead atoms. The fourth-order valence-electron chi connectivity index (χ4n) is 1.27. The number of esters is 1. The van der Waals surface area contributed by atoms with E-state index in [0.29, 0.717) is 6.54 Å². The van der Waals surface area contributed by atoms with Gasteiger partial charge in [-0.15, -0.1) is 0 Å². The largest absolute Gasteiger partial charge is 0.468 e. The third-order valence-corrected chi connectivity index (χ3v) is 2.11. The lowest BCUT2D eigenvalue weighted by Gasteiger charge is -2.13. The predicted octanol–water partition coefficient (Wildman–Crippen LogP) is 0.0278. The summed E-state index contributed by atoms with van der Waals surface area (Å²) in [7, 11) is 1.33. The van der Waals surface area contributed by atoms with Crippen molar-refractivity contribution in [3.05, 3.63) is 0 Å². The quantitative estimate of drug-likeness (QED) is 0.550. The molecule has 1 heterocycles. The number of carbonyl (C=O) groups is 2. The Hall–Kier alpha value is -1.06. The number of ether oxygens (including phenoxy) is 1. The van der Waals surface area contributed by atoms with Crippen molar-refractivity contribution in [3.8, 4) is 0 Å². The lowest BCUT2D eigenvalue weighted by Crippen LogP contribution is -2.32. The Morgan fingerprint density at radius 2 is 2.42 bits per heavy atom. The number of methoxy groups -OCH3 is 1. The van der Waals surface area contributed by atoms with Gasteiger partial charge in [0, 0.05) is 12.5 Å². The van der Waals surface area contributed by atoms with Crippen molar-refractivity contribution < 1.29 is 14.3 Å². The summed E-state index contributed by atoms with van der Waals surface area (Å²) in [4.78, 5) is 23.6. The van der Waals surface area contributed by atoms with Gasteiger partial charge in [0.05, 0.1) is 7.11 Å². The zero-order valence-corrected chi connectivity index (χ0v) is 7.37. The summed E-state index contributed by atoms with van der Waals surface area (Å²) >= 11 is 0. The highest BCUT2D eigenvalue weighted by Gasteiger charge is 2.29. The van der Waals surface area contributed by atoms with Crippen LogP contribution in [0.2, 0.25) is 0 Å². The third kappa shape index (κ3) is 1.75. The van der Waals surface area contributed by atoms with Gasteiger partial charge in [-0.25, -0.2) is 0 Å². The van der Waals surface area contributed by atoms with E-state index in [-0.39, 0.29) is 24.3 Å². The highest BCUT2D eigenvalue weighted by molar-refractivity contribution is 5.84. The predicted molar refractivity (Wildman–Crippen MR) is 42.4 cm³/mol. The van der Waals surface area contributed by atoms with E-state index in [0.717, 1.165) is 6.42 Å². The van der Waals surface area contributed by atoms with E-state index < -0.39 is 0 Å². The number of likely N-dealkylation sites (tertiary alicyclic amines) is 1. The number of carbonyl (C=O) groups excluding carboxylic acids is 2. The van der Waals surface area contributed by atoms with E-state index in [1.807, 2.05) is 6.92 Å². The molecule has 0 aromatic carbocycles. The van der Waals surface area contributed by atoms with Crippen molar-refractivity contribution in [2.45, 2.75) is 13.3 Å². The van der Waals surface area contributed by atoms with Crippen LogP contribution in [0.1, 0.15) is 13.3 Å². The summed E-state index contributed by atoms with van der Waals surface area (Å²) in [6.07, 6.45) is 0.843. The maximum atomic E-state index is 11.3. The van der Waals surface area contributed by atoms with E-state index in [2.05, 4.69) is 4.74 Å². The number of rotatable bonds is 2. The molecular formula is C8H13NO3. The monoisotopic (exact) mass is 171 g/mol. The van der Waals surface area contributed by atoms with Crippen LogP contribution in [0, 0.1) is 5.92 Å². The fraction of sp³-hybridized carbons (Fsp3) is 0.750. The second-order valence-corrected chi connectivity index (χ2v) is 3.03. The fourth-order valence-corrected chi connectivity index (χ4v) is 1.27. The smallest absolute Gasteiger partial charge is 0.325 e. The van der Waals surface area contributed by atoms with Gasteiger partial charge in [0.2, 0.25) is 5.91 Å². The minimum Gasteiger partial charge on any atom is -0.468 e. The first-order chi connectivity index (χ1) is 5.65.